The molecular weight excluding hydrogens is 400 g/mol. The second kappa shape index (κ2) is 4.62. The summed E-state index contributed by atoms with van der Waals surface area (Å²) in [5.41, 5.74) is 0.859. The number of hydrogen-bond donors (Lipinski definition) is 0. The van der Waals surface area contributed by atoms with Crippen LogP contribution in [0.2, 0.25) is 0 Å². The van der Waals surface area contributed by atoms with E-state index in [0.717, 1.165) is 12.0 Å². The van der Waals surface area contributed by atoms with Crippen LogP contribution in [0.15, 0.2) is 18.3 Å². The Morgan fingerprint density at radius 2 is 1.71 bits per heavy atom. The molecule has 0 N–H and O–H groups in total. The molecule has 0 spiro atoms. The van der Waals surface area contributed by atoms with Gasteiger partial charge in [0.1, 0.15) is 5.82 Å². The molecule has 110 valence electrons. The number of halogens is 2. The van der Waals surface area contributed by atoms with Crippen molar-refractivity contribution in [3.8, 4) is 0 Å². The maximum atomic E-state index is 12.8. The monoisotopic (exact) mass is 412 g/mol. The number of carbonyl (C=O) groups excluding carboxylic acids is 2. The van der Waals surface area contributed by atoms with E-state index < -0.39 is 0 Å². The van der Waals surface area contributed by atoms with E-state index in [2.05, 4.69) is 36.8 Å². The number of alkyl halides is 2. The number of aryl methyl sites for hydroxylation is 1. The Morgan fingerprint density at radius 1 is 1.14 bits per heavy atom. The van der Waals surface area contributed by atoms with E-state index in [1.165, 1.54) is 4.90 Å². The van der Waals surface area contributed by atoms with Crippen molar-refractivity contribution >= 4 is 49.5 Å². The fraction of sp³-hybridized carbons (Fsp3) is 0.533. The highest BCUT2D eigenvalue weighted by molar-refractivity contribution is 9.12. The van der Waals surface area contributed by atoms with Crippen LogP contribution in [0.3, 0.4) is 0 Å². The minimum atomic E-state index is -0.179. The van der Waals surface area contributed by atoms with Crippen molar-refractivity contribution in [1.29, 1.82) is 0 Å². The summed E-state index contributed by atoms with van der Waals surface area (Å²) < 4.78 is 0. The van der Waals surface area contributed by atoms with Crippen molar-refractivity contribution in [2.24, 2.45) is 23.7 Å². The first-order valence-electron chi connectivity index (χ1n) is 7.10. The number of imide groups is 1. The Bertz CT molecular complexity index is 618. The molecule has 1 aromatic rings. The molecule has 3 fully saturated rings. The highest BCUT2D eigenvalue weighted by atomic mass is 79.9. The van der Waals surface area contributed by atoms with Gasteiger partial charge in [-0.05, 0) is 36.8 Å². The predicted octanol–water partition coefficient (Wildman–Crippen LogP) is 2.67. The minimum absolute atomic E-state index is 0.0665. The first kappa shape index (κ1) is 13.9. The average Bonchev–Trinajstić information content (AvgIpc) is 3.06. The van der Waals surface area contributed by atoms with Gasteiger partial charge in [0.05, 0.1) is 11.8 Å². The van der Waals surface area contributed by atoms with Crippen molar-refractivity contribution in [1.82, 2.24) is 4.98 Å². The number of rotatable bonds is 1. The van der Waals surface area contributed by atoms with Crippen molar-refractivity contribution in [2.75, 3.05) is 4.90 Å². The lowest BCUT2D eigenvalue weighted by molar-refractivity contribution is -0.123. The second-order valence-electron chi connectivity index (χ2n) is 6.16. The van der Waals surface area contributed by atoms with Gasteiger partial charge < -0.3 is 0 Å². The quantitative estimate of drug-likeness (QED) is 0.525. The third kappa shape index (κ3) is 1.69. The molecule has 6 heteroatoms. The number of amides is 2. The summed E-state index contributed by atoms with van der Waals surface area (Å²) in [5, 5.41) is 0. The number of aromatic nitrogens is 1. The van der Waals surface area contributed by atoms with Gasteiger partial charge in [0.2, 0.25) is 11.8 Å². The van der Waals surface area contributed by atoms with Gasteiger partial charge in [0.15, 0.2) is 0 Å². The molecule has 0 aromatic carbocycles. The molecule has 0 radical (unpaired) electrons. The number of pyridine rings is 1. The maximum Gasteiger partial charge on any atom is 0.239 e. The van der Waals surface area contributed by atoms with Crippen LogP contribution in [0.4, 0.5) is 5.82 Å². The summed E-state index contributed by atoms with van der Waals surface area (Å²) in [7, 11) is 0. The van der Waals surface area contributed by atoms with E-state index in [9.17, 15) is 9.59 Å². The number of carbonyl (C=O) groups is 2. The van der Waals surface area contributed by atoms with E-state index in [1.54, 1.807) is 6.20 Å². The van der Waals surface area contributed by atoms with Gasteiger partial charge in [-0.3, -0.25) is 9.59 Å². The summed E-state index contributed by atoms with van der Waals surface area (Å²) in [6.07, 6.45) is 2.58. The van der Waals surface area contributed by atoms with E-state index in [-0.39, 0.29) is 45.1 Å². The van der Waals surface area contributed by atoms with Crippen LogP contribution in [0.1, 0.15) is 12.0 Å². The third-order valence-electron chi connectivity index (χ3n) is 5.18. The fourth-order valence-corrected chi connectivity index (χ4v) is 6.14. The van der Waals surface area contributed by atoms with Gasteiger partial charge in [-0.25, -0.2) is 9.88 Å². The molecule has 2 bridgehead atoms. The molecule has 3 aliphatic rings. The molecule has 6 atom stereocenters. The van der Waals surface area contributed by atoms with Crippen LogP contribution in [-0.4, -0.2) is 26.5 Å². The Kier molecular flexibility index (Phi) is 3.05. The van der Waals surface area contributed by atoms with Gasteiger partial charge >= 0.3 is 0 Å². The van der Waals surface area contributed by atoms with E-state index >= 15 is 0 Å². The molecule has 2 amide bonds. The van der Waals surface area contributed by atoms with Crippen LogP contribution >= 0.6 is 31.9 Å². The van der Waals surface area contributed by atoms with Crippen LogP contribution in [-0.2, 0) is 9.59 Å². The highest BCUT2D eigenvalue weighted by Gasteiger charge is 2.66. The third-order valence-corrected chi connectivity index (χ3v) is 8.39. The van der Waals surface area contributed by atoms with Crippen LogP contribution in [0, 0.1) is 30.6 Å². The molecule has 2 aliphatic carbocycles. The molecule has 1 aromatic heterocycles. The van der Waals surface area contributed by atoms with Crippen molar-refractivity contribution in [2.45, 2.75) is 23.0 Å². The molecule has 2 saturated carbocycles. The molecular formula is C15H14Br2N2O2. The summed E-state index contributed by atoms with van der Waals surface area (Å²) in [6.45, 7) is 1.88. The first-order valence-corrected chi connectivity index (χ1v) is 8.93. The number of nitrogens with zero attached hydrogens (tertiary/aromatic N) is 2. The Labute approximate surface area is 139 Å². The first-order chi connectivity index (χ1) is 10.0. The molecule has 4 rings (SSSR count). The Hall–Kier alpha value is -0.750. The summed E-state index contributed by atoms with van der Waals surface area (Å²) in [6, 6.07) is 3.70. The number of hydrogen-bond acceptors (Lipinski definition) is 3. The normalized spacial score (nSPS) is 41.0. The average molecular weight is 414 g/mol. The lowest BCUT2D eigenvalue weighted by Gasteiger charge is -2.28. The molecule has 4 nitrogen and oxygen atoms in total. The molecule has 2 heterocycles. The van der Waals surface area contributed by atoms with Crippen LogP contribution in [0.25, 0.3) is 0 Å². The molecule has 1 saturated heterocycles. The number of anilines is 1. The van der Waals surface area contributed by atoms with E-state index in [4.69, 9.17) is 0 Å². The van der Waals surface area contributed by atoms with Gasteiger partial charge in [-0.15, -0.1) is 0 Å². The molecule has 21 heavy (non-hydrogen) atoms. The van der Waals surface area contributed by atoms with Crippen molar-refractivity contribution < 1.29 is 9.59 Å². The van der Waals surface area contributed by atoms with Crippen molar-refractivity contribution in [3.63, 3.8) is 0 Å². The SMILES string of the molecule is Cc1cccnc1N1C(=O)[C@H]2[C@@H]3C[C@@H]([C@H](Br)[C@@H]3Br)[C@@H]2C1=O. The summed E-state index contributed by atoms with van der Waals surface area (Å²) in [5.74, 6) is 0.499. The maximum absolute atomic E-state index is 12.8. The topological polar surface area (TPSA) is 50.3 Å². The lowest BCUT2D eigenvalue weighted by atomic mass is 9.81. The zero-order valence-electron chi connectivity index (χ0n) is 11.4. The van der Waals surface area contributed by atoms with Crippen LogP contribution < -0.4 is 4.90 Å². The van der Waals surface area contributed by atoms with Gasteiger partial charge in [-0.2, -0.15) is 0 Å². The summed E-state index contributed by atoms with van der Waals surface area (Å²) in [4.78, 5) is 31.8. The highest BCUT2D eigenvalue weighted by Crippen LogP contribution is 2.60. The van der Waals surface area contributed by atoms with Gasteiger partial charge in [0, 0.05) is 15.9 Å². The lowest BCUT2D eigenvalue weighted by Crippen LogP contribution is -2.37. The van der Waals surface area contributed by atoms with E-state index in [0.29, 0.717) is 5.82 Å². The van der Waals surface area contributed by atoms with Crippen LogP contribution in [0.5, 0.6) is 0 Å². The number of fused-ring (bicyclic) bond motifs is 5. The zero-order valence-corrected chi connectivity index (χ0v) is 14.5. The standard InChI is InChI=1S/C15H14Br2N2O2/c1-6-3-2-4-18-13(6)19-14(20)9-7-5-8(10(9)15(19)21)12(17)11(7)16/h2-4,7-12H,5H2,1H3/t7-,8+,9-,10-,11+,12-/m0/s1. The largest absolute Gasteiger partial charge is 0.274 e. The van der Waals surface area contributed by atoms with E-state index in [1.807, 2.05) is 19.1 Å². The Morgan fingerprint density at radius 3 is 2.24 bits per heavy atom. The molecule has 0 unspecified atom stereocenters. The fourth-order valence-electron chi connectivity index (χ4n) is 4.27. The second-order valence-corrected chi connectivity index (χ2v) is 8.27. The molecule has 1 aliphatic heterocycles. The zero-order chi connectivity index (χ0) is 14.9. The smallest absolute Gasteiger partial charge is 0.239 e. The minimum Gasteiger partial charge on any atom is -0.274 e. The predicted molar refractivity (Wildman–Crippen MR) is 85.5 cm³/mol. The Balaban J connectivity index is 1.77. The van der Waals surface area contributed by atoms with Gasteiger partial charge in [0.25, 0.3) is 0 Å². The summed E-state index contributed by atoms with van der Waals surface area (Å²) >= 11 is 7.38. The van der Waals surface area contributed by atoms with Gasteiger partial charge in [-0.1, -0.05) is 37.9 Å². The van der Waals surface area contributed by atoms with Crippen molar-refractivity contribution in [3.05, 3.63) is 23.9 Å².